The summed E-state index contributed by atoms with van der Waals surface area (Å²) in [6.45, 7) is 0.399. The van der Waals surface area contributed by atoms with Gasteiger partial charge in [0.05, 0.1) is 24.3 Å². The van der Waals surface area contributed by atoms with Crippen molar-refractivity contribution < 1.29 is 23.8 Å². The Morgan fingerprint density at radius 1 is 1.08 bits per heavy atom. The average molecular weight is 422 g/mol. The number of carbonyl (C=O) groups excluding carboxylic acids is 2. The Morgan fingerprint density at radius 2 is 1.81 bits per heavy atom. The molecule has 2 aromatic rings. The molecular formula is C19H20BrNO5. The zero-order valence-corrected chi connectivity index (χ0v) is 16.2. The number of amides is 1. The lowest BCUT2D eigenvalue weighted by Crippen LogP contribution is -2.30. The lowest BCUT2D eigenvalue weighted by atomic mass is 10.1. The summed E-state index contributed by atoms with van der Waals surface area (Å²) in [6, 6.07) is 12.5. The predicted molar refractivity (Wildman–Crippen MR) is 101 cm³/mol. The third-order valence-electron chi connectivity index (χ3n) is 3.61. The van der Waals surface area contributed by atoms with Gasteiger partial charge in [0.1, 0.15) is 11.5 Å². The van der Waals surface area contributed by atoms with Gasteiger partial charge in [-0.15, -0.1) is 0 Å². The van der Waals surface area contributed by atoms with E-state index in [4.69, 9.17) is 9.47 Å². The van der Waals surface area contributed by atoms with E-state index in [1.54, 1.807) is 25.3 Å². The van der Waals surface area contributed by atoms with Gasteiger partial charge in [0.2, 0.25) is 0 Å². The standard InChI is InChI=1S/C19H20BrNO5/c1-24-15-6-3-13(4-7-15)9-10-21-18(22)12-26-17-8-5-14(11-16(17)20)19(23)25-2/h3-8,11H,9-10,12H2,1-2H3,(H,21,22). The van der Waals surface area contributed by atoms with Crippen LogP contribution in [-0.4, -0.2) is 39.2 Å². The van der Waals surface area contributed by atoms with Gasteiger partial charge < -0.3 is 19.5 Å². The first-order chi connectivity index (χ1) is 12.5. The maximum absolute atomic E-state index is 11.9. The van der Waals surface area contributed by atoms with Gasteiger partial charge in [0.15, 0.2) is 6.61 Å². The van der Waals surface area contributed by atoms with Crippen molar-refractivity contribution >= 4 is 27.8 Å². The number of benzene rings is 2. The van der Waals surface area contributed by atoms with Crippen LogP contribution in [0.2, 0.25) is 0 Å². The molecule has 0 bridgehead atoms. The number of rotatable bonds is 8. The van der Waals surface area contributed by atoms with Gasteiger partial charge in [-0.1, -0.05) is 12.1 Å². The summed E-state index contributed by atoms with van der Waals surface area (Å²) in [6.07, 6.45) is 0.716. The molecule has 0 radical (unpaired) electrons. The molecule has 7 heteroatoms. The number of carbonyl (C=O) groups is 2. The molecule has 0 spiro atoms. The minimum absolute atomic E-state index is 0.112. The van der Waals surface area contributed by atoms with Crippen LogP contribution in [-0.2, 0) is 16.0 Å². The Labute approximate surface area is 160 Å². The Bertz CT molecular complexity index is 761. The van der Waals surface area contributed by atoms with Gasteiger partial charge in [-0.05, 0) is 58.2 Å². The van der Waals surface area contributed by atoms with Crippen molar-refractivity contribution in [2.75, 3.05) is 27.4 Å². The molecule has 0 unspecified atom stereocenters. The van der Waals surface area contributed by atoms with E-state index in [0.717, 1.165) is 11.3 Å². The third-order valence-corrected chi connectivity index (χ3v) is 4.23. The fraction of sp³-hybridized carbons (Fsp3) is 0.263. The maximum atomic E-state index is 11.9. The van der Waals surface area contributed by atoms with Gasteiger partial charge in [0.25, 0.3) is 5.91 Å². The van der Waals surface area contributed by atoms with E-state index < -0.39 is 5.97 Å². The molecule has 2 aromatic carbocycles. The van der Waals surface area contributed by atoms with Crippen molar-refractivity contribution in [1.82, 2.24) is 5.32 Å². The molecule has 0 fully saturated rings. The van der Waals surface area contributed by atoms with Crippen LogP contribution in [0, 0.1) is 0 Å². The summed E-state index contributed by atoms with van der Waals surface area (Å²) in [7, 11) is 2.94. The monoisotopic (exact) mass is 421 g/mol. The Kier molecular flexibility index (Phi) is 7.47. The molecule has 138 valence electrons. The van der Waals surface area contributed by atoms with Crippen molar-refractivity contribution in [3.8, 4) is 11.5 Å². The van der Waals surface area contributed by atoms with Crippen LogP contribution in [0.1, 0.15) is 15.9 Å². The average Bonchev–Trinajstić information content (AvgIpc) is 2.66. The van der Waals surface area contributed by atoms with Gasteiger partial charge in [-0.2, -0.15) is 0 Å². The van der Waals surface area contributed by atoms with Crippen LogP contribution in [0.15, 0.2) is 46.9 Å². The summed E-state index contributed by atoms with van der Waals surface area (Å²) in [5.41, 5.74) is 1.50. The van der Waals surface area contributed by atoms with Crippen LogP contribution < -0.4 is 14.8 Å². The van der Waals surface area contributed by atoms with E-state index in [1.807, 2.05) is 24.3 Å². The highest BCUT2D eigenvalue weighted by atomic mass is 79.9. The largest absolute Gasteiger partial charge is 0.497 e. The molecule has 0 aromatic heterocycles. The lowest BCUT2D eigenvalue weighted by molar-refractivity contribution is -0.123. The zero-order valence-electron chi connectivity index (χ0n) is 14.6. The van der Waals surface area contributed by atoms with Crippen molar-refractivity contribution in [1.29, 1.82) is 0 Å². The first-order valence-electron chi connectivity index (χ1n) is 7.93. The maximum Gasteiger partial charge on any atom is 0.337 e. The van der Waals surface area contributed by atoms with E-state index >= 15 is 0 Å². The van der Waals surface area contributed by atoms with E-state index in [9.17, 15) is 9.59 Å². The van der Waals surface area contributed by atoms with Crippen molar-refractivity contribution in [3.05, 3.63) is 58.1 Å². The summed E-state index contributed by atoms with van der Waals surface area (Å²) in [5, 5.41) is 2.80. The van der Waals surface area contributed by atoms with Crippen molar-refractivity contribution in [2.24, 2.45) is 0 Å². The Morgan fingerprint density at radius 3 is 2.42 bits per heavy atom. The number of hydrogen-bond donors (Lipinski definition) is 1. The molecule has 1 amide bonds. The van der Waals surface area contributed by atoms with Crippen LogP contribution in [0.4, 0.5) is 0 Å². The first-order valence-corrected chi connectivity index (χ1v) is 8.73. The second-order valence-electron chi connectivity index (χ2n) is 5.37. The molecule has 0 saturated heterocycles. The van der Waals surface area contributed by atoms with Crippen LogP contribution in [0.5, 0.6) is 11.5 Å². The third kappa shape index (κ3) is 5.77. The number of methoxy groups -OCH3 is 2. The number of nitrogens with one attached hydrogen (secondary N) is 1. The highest BCUT2D eigenvalue weighted by Gasteiger charge is 2.10. The summed E-state index contributed by atoms with van der Waals surface area (Å²) >= 11 is 3.31. The van der Waals surface area contributed by atoms with Crippen molar-refractivity contribution in [3.63, 3.8) is 0 Å². The normalized spacial score (nSPS) is 10.1. The van der Waals surface area contributed by atoms with E-state index in [-0.39, 0.29) is 12.5 Å². The first kappa shape index (κ1) is 19.8. The van der Waals surface area contributed by atoms with Gasteiger partial charge >= 0.3 is 5.97 Å². The quantitative estimate of drug-likeness (QED) is 0.663. The fourth-order valence-electron chi connectivity index (χ4n) is 2.20. The number of hydrogen-bond acceptors (Lipinski definition) is 5. The zero-order chi connectivity index (χ0) is 18.9. The van der Waals surface area contributed by atoms with E-state index in [0.29, 0.717) is 28.8 Å². The molecule has 0 saturated carbocycles. The Balaban J connectivity index is 1.76. The number of esters is 1. The number of ether oxygens (including phenoxy) is 3. The highest BCUT2D eigenvalue weighted by molar-refractivity contribution is 9.10. The van der Waals surface area contributed by atoms with E-state index in [1.165, 1.54) is 7.11 Å². The molecule has 0 aliphatic carbocycles. The van der Waals surface area contributed by atoms with E-state index in [2.05, 4.69) is 26.0 Å². The summed E-state index contributed by atoms with van der Waals surface area (Å²) in [5.74, 6) is 0.619. The number of halogens is 1. The molecule has 6 nitrogen and oxygen atoms in total. The molecule has 0 atom stereocenters. The highest BCUT2D eigenvalue weighted by Crippen LogP contribution is 2.26. The summed E-state index contributed by atoms with van der Waals surface area (Å²) < 4.78 is 15.8. The molecule has 2 rings (SSSR count). The molecule has 0 aliphatic rings. The smallest absolute Gasteiger partial charge is 0.337 e. The minimum Gasteiger partial charge on any atom is -0.497 e. The predicted octanol–water partition coefficient (Wildman–Crippen LogP) is 2.98. The molecule has 0 heterocycles. The second-order valence-corrected chi connectivity index (χ2v) is 6.23. The molecule has 26 heavy (non-hydrogen) atoms. The molecule has 1 N–H and O–H groups in total. The summed E-state index contributed by atoms with van der Waals surface area (Å²) in [4.78, 5) is 23.4. The lowest BCUT2D eigenvalue weighted by Gasteiger charge is -2.10. The van der Waals surface area contributed by atoms with Crippen LogP contribution in [0.25, 0.3) is 0 Å². The molecular weight excluding hydrogens is 402 g/mol. The van der Waals surface area contributed by atoms with Gasteiger partial charge in [-0.25, -0.2) is 4.79 Å². The topological polar surface area (TPSA) is 73.9 Å². The second kappa shape index (κ2) is 9.82. The van der Waals surface area contributed by atoms with Crippen LogP contribution in [0.3, 0.4) is 0 Å². The van der Waals surface area contributed by atoms with Crippen LogP contribution >= 0.6 is 15.9 Å². The SMILES string of the molecule is COC(=O)c1ccc(OCC(=O)NCCc2ccc(OC)cc2)c(Br)c1. The fourth-order valence-corrected chi connectivity index (χ4v) is 2.69. The Hall–Kier alpha value is -2.54. The molecule has 0 aliphatic heterocycles. The minimum atomic E-state index is -0.437. The van der Waals surface area contributed by atoms with Gasteiger partial charge in [0, 0.05) is 6.54 Å². The van der Waals surface area contributed by atoms with Crippen molar-refractivity contribution in [2.45, 2.75) is 6.42 Å². The van der Waals surface area contributed by atoms with Gasteiger partial charge in [-0.3, -0.25) is 4.79 Å².